The average Bonchev–Trinajstić information content (AvgIpc) is 3.03. The first-order chi connectivity index (χ1) is 10.7. The van der Waals surface area contributed by atoms with Gasteiger partial charge in [0.2, 0.25) is 6.79 Å². The Balaban J connectivity index is 1.47. The van der Waals surface area contributed by atoms with Crippen molar-refractivity contribution in [3.8, 4) is 11.5 Å². The van der Waals surface area contributed by atoms with E-state index < -0.39 is 0 Å². The van der Waals surface area contributed by atoms with Crippen LogP contribution < -0.4 is 14.8 Å². The van der Waals surface area contributed by atoms with Crippen molar-refractivity contribution in [3.63, 3.8) is 0 Å². The molecule has 5 rings (SSSR count). The van der Waals surface area contributed by atoms with Gasteiger partial charge in [-0.2, -0.15) is 0 Å². The topological polar surface area (TPSA) is 50.8 Å². The molecule has 0 radical (unpaired) electrons. The minimum atomic E-state index is -0.0205. The number of hydrogen-bond acceptors (Lipinski definition) is 4. The molecule has 4 aliphatic heterocycles. The van der Waals surface area contributed by atoms with Crippen LogP contribution in [0.25, 0.3) is 0 Å². The lowest BCUT2D eigenvalue weighted by molar-refractivity contribution is -0.953. The fourth-order valence-electron chi connectivity index (χ4n) is 3.74. The monoisotopic (exact) mass is 304 g/mol. The molecule has 22 heavy (non-hydrogen) atoms. The van der Waals surface area contributed by atoms with Crippen molar-refractivity contribution < 1.29 is 18.8 Å². The molecule has 1 amide bonds. The molecule has 1 aromatic carbocycles. The first-order valence-corrected chi connectivity index (χ1v) is 7.95. The van der Waals surface area contributed by atoms with Crippen LogP contribution in [0.2, 0.25) is 0 Å². The zero-order chi connectivity index (χ0) is 15.2. The van der Waals surface area contributed by atoms with Crippen molar-refractivity contribution in [3.05, 3.63) is 18.2 Å². The van der Waals surface area contributed by atoms with E-state index in [-0.39, 0.29) is 18.7 Å². The van der Waals surface area contributed by atoms with Gasteiger partial charge in [0.1, 0.15) is 0 Å². The maximum atomic E-state index is 12.7. The van der Waals surface area contributed by atoms with E-state index in [2.05, 4.69) is 17.1 Å². The second-order valence-electron chi connectivity index (χ2n) is 6.46. The molecule has 3 saturated heterocycles. The standard InChI is InChI=1S/C16H21N3O3/c1-12(19-7-4-18(5-8-19)6-9-19)16(20)17-13-2-3-14-15(10-13)22-11-21-14/h2-3,10,12H,4-9,11H2,1H3/p+1/t12-/m0/s1. The summed E-state index contributed by atoms with van der Waals surface area (Å²) in [6, 6.07) is 5.52. The van der Waals surface area contributed by atoms with Crippen LogP contribution in [-0.2, 0) is 4.79 Å². The summed E-state index contributed by atoms with van der Waals surface area (Å²) in [5.41, 5.74) is 0.773. The van der Waals surface area contributed by atoms with Gasteiger partial charge in [0.25, 0.3) is 5.91 Å². The third kappa shape index (κ3) is 2.23. The molecular formula is C16H22N3O3+. The molecule has 1 atom stereocenters. The molecule has 0 aromatic heterocycles. The number of piperazine rings is 3. The van der Waals surface area contributed by atoms with Crippen LogP contribution in [0.3, 0.4) is 0 Å². The van der Waals surface area contributed by atoms with E-state index in [0.717, 1.165) is 55.2 Å². The Kier molecular flexibility index (Phi) is 3.23. The minimum absolute atomic E-state index is 0.0205. The van der Waals surface area contributed by atoms with E-state index in [1.54, 1.807) is 0 Å². The second kappa shape index (κ2) is 5.14. The van der Waals surface area contributed by atoms with Crippen LogP contribution in [0.1, 0.15) is 6.92 Å². The van der Waals surface area contributed by atoms with Crippen molar-refractivity contribution in [2.24, 2.45) is 0 Å². The van der Waals surface area contributed by atoms with Crippen LogP contribution in [0.4, 0.5) is 5.69 Å². The second-order valence-corrected chi connectivity index (χ2v) is 6.46. The number of carbonyl (C=O) groups is 1. The first-order valence-electron chi connectivity index (χ1n) is 7.95. The van der Waals surface area contributed by atoms with E-state index in [1.807, 2.05) is 18.2 Å². The molecule has 6 heteroatoms. The number of benzene rings is 1. The molecule has 6 nitrogen and oxygen atoms in total. The summed E-state index contributed by atoms with van der Waals surface area (Å²) in [5, 5.41) is 3.04. The number of anilines is 1. The number of rotatable bonds is 3. The lowest BCUT2D eigenvalue weighted by Crippen LogP contribution is -2.72. The Hall–Kier alpha value is -1.79. The van der Waals surface area contributed by atoms with E-state index in [0.29, 0.717) is 5.75 Å². The number of nitrogens with zero attached hydrogens (tertiary/aromatic N) is 2. The Morgan fingerprint density at radius 1 is 1.18 bits per heavy atom. The predicted molar refractivity (Wildman–Crippen MR) is 82.0 cm³/mol. The molecule has 0 spiro atoms. The Bertz CT molecular complexity index is 583. The van der Waals surface area contributed by atoms with E-state index in [4.69, 9.17) is 9.47 Å². The van der Waals surface area contributed by atoms with Crippen LogP contribution >= 0.6 is 0 Å². The van der Waals surface area contributed by atoms with Gasteiger partial charge in [0, 0.05) is 31.4 Å². The summed E-state index contributed by atoms with van der Waals surface area (Å²) in [6.45, 7) is 8.88. The highest BCUT2D eigenvalue weighted by Crippen LogP contribution is 2.34. The third-order valence-electron chi connectivity index (χ3n) is 5.43. The van der Waals surface area contributed by atoms with Gasteiger partial charge in [0.15, 0.2) is 17.5 Å². The van der Waals surface area contributed by atoms with Gasteiger partial charge in [-0.05, 0) is 19.1 Å². The van der Waals surface area contributed by atoms with Crippen molar-refractivity contribution in [2.75, 3.05) is 51.4 Å². The van der Waals surface area contributed by atoms with Crippen molar-refractivity contribution in [1.82, 2.24) is 4.90 Å². The largest absolute Gasteiger partial charge is 0.454 e. The fourth-order valence-corrected chi connectivity index (χ4v) is 3.74. The average molecular weight is 304 g/mol. The molecule has 118 valence electrons. The van der Waals surface area contributed by atoms with Crippen LogP contribution in [0.5, 0.6) is 11.5 Å². The molecule has 0 unspecified atom stereocenters. The normalized spacial score (nSPS) is 30.1. The van der Waals surface area contributed by atoms with Crippen LogP contribution in [0.15, 0.2) is 18.2 Å². The zero-order valence-corrected chi connectivity index (χ0v) is 12.9. The van der Waals surface area contributed by atoms with Gasteiger partial charge in [-0.25, -0.2) is 0 Å². The van der Waals surface area contributed by atoms with Crippen molar-refractivity contribution >= 4 is 11.6 Å². The van der Waals surface area contributed by atoms with Gasteiger partial charge in [0.05, 0.1) is 19.6 Å². The quantitative estimate of drug-likeness (QED) is 0.843. The molecule has 2 bridgehead atoms. The van der Waals surface area contributed by atoms with Crippen LogP contribution in [0, 0.1) is 0 Å². The number of carbonyl (C=O) groups excluding carboxylic acids is 1. The molecule has 0 saturated carbocycles. The highest BCUT2D eigenvalue weighted by molar-refractivity contribution is 5.94. The molecule has 4 aliphatic rings. The van der Waals surface area contributed by atoms with Crippen LogP contribution in [-0.4, -0.2) is 67.4 Å². The number of hydrogen-bond donors (Lipinski definition) is 1. The van der Waals surface area contributed by atoms with Gasteiger partial charge >= 0.3 is 0 Å². The summed E-state index contributed by atoms with van der Waals surface area (Å²) < 4.78 is 11.6. The molecule has 1 N–H and O–H groups in total. The maximum absolute atomic E-state index is 12.7. The molecule has 0 aliphatic carbocycles. The third-order valence-corrected chi connectivity index (χ3v) is 5.43. The lowest BCUT2D eigenvalue weighted by atomic mass is 10.1. The summed E-state index contributed by atoms with van der Waals surface area (Å²) in [5.74, 6) is 1.53. The lowest BCUT2D eigenvalue weighted by Gasteiger charge is -2.52. The van der Waals surface area contributed by atoms with Crippen molar-refractivity contribution in [2.45, 2.75) is 13.0 Å². The summed E-state index contributed by atoms with van der Waals surface area (Å²) >= 11 is 0. The predicted octanol–water partition coefficient (Wildman–Crippen LogP) is 0.888. The van der Waals surface area contributed by atoms with E-state index in [9.17, 15) is 4.79 Å². The van der Waals surface area contributed by atoms with Gasteiger partial charge in [-0.3, -0.25) is 9.69 Å². The smallest absolute Gasteiger partial charge is 0.282 e. The molecular weight excluding hydrogens is 282 g/mol. The summed E-state index contributed by atoms with van der Waals surface area (Å²) in [7, 11) is 0. The fraction of sp³-hybridized carbons (Fsp3) is 0.562. The molecule has 4 heterocycles. The first kappa shape index (κ1) is 13.8. The van der Waals surface area contributed by atoms with Gasteiger partial charge in [-0.1, -0.05) is 0 Å². The Labute approximate surface area is 130 Å². The Morgan fingerprint density at radius 2 is 1.86 bits per heavy atom. The Morgan fingerprint density at radius 3 is 2.59 bits per heavy atom. The zero-order valence-electron chi connectivity index (χ0n) is 12.9. The van der Waals surface area contributed by atoms with Gasteiger partial charge < -0.3 is 19.3 Å². The SMILES string of the molecule is C[C@@H](C(=O)Nc1ccc2c(c1)OCO2)[N+]12CCN(CC1)CC2. The number of nitrogens with one attached hydrogen (secondary N) is 1. The number of fused-ring (bicyclic) bond motifs is 4. The highest BCUT2D eigenvalue weighted by Gasteiger charge is 2.45. The van der Waals surface area contributed by atoms with E-state index >= 15 is 0 Å². The summed E-state index contributed by atoms with van der Waals surface area (Å²) in [4.78, 5) is 15.2. The molecule has 1 aromatic rings. The van der Waals surface area contributed by atoms with E-state index in [1.165, 1.54) is 0 Å². The minimum Gasteiger partial charge on any atom is -0.454 e. The maximum Gasteiger partial charge on any atom is 0.282 e. The number of quaternary nitrogens is 1. The van der Waals surface area contributed by atoms with Crippen molar-refractivity contribution in [1.29, 1.82) is 0 Å². The highest BCUT2D eigenvalue weighted by atomic mass is 16.7. The number of ether oxygens (including phenoxy) is 2. The summed E-state index contributed by atoms with van der Waals surface area (Å²) in [6.07, 6.45) is 0. The molecule has 3 fully saturated rings. The number of amides is 1. The van der Waals surface area contributed by atoms with Gasteiger partial charge in [-0.15, -0.1) is 0 Å².